The van der Waals surface area contributed by atoms with E-state index in [-0.39, 0.29) is 17.7 Å². The van der Waals surface area contributed by atoms with Crippen LogP contribution in [0, 0.1) is 6.92 Å². The molecule has 19 heavy (non-hydrogen) atoms. The van der Waals surface area contributed by atoms with Gasteiger partial charge in [-0.1, -0.05) is 11.6 Å². The maximum atomic E-state index is 12.1. The second-order valence-electron chi connectivity index (χ2n) is 4.50. The summed E-state index contributed by atoms with van der Waals surface area (Å²) < 4.78 is 0. The topological polar surface area (TPSA) is 62.2 Å². The Bertz CT molecular complexity index is 582. The van der Waals surface area contributed by atoms with Crippen molar-refractivity contribution in [3.8, 4) is 5.75 Å². The minimum atomic E-state index is -0.287. The molecular weight excluding hydrogens is 240 g/mol. The third-order valence-corrected chi connectivity index (χ3v) is 2.95. The molecule has 4 heteroatoms. The number of hydrogen-bond donors (Lipinski definition) is 2. The standard InChI is InChI=1S/C15H16N2O2/c1-10-3-4-14(18)13(9-10)15(19)17-11(2)12-5-7-16-8-6-12/h3-9,11,18H,1-2H3,(H,17,19). The van der Waals surface area contributed by atoms with Gasteiger partial charge in [0.25, 0.3) is 5.91 Å². The Hall–Kier alpha value is -2.36. The number of nitrogens with zero attached hydrogens (tertiary/aromatic N) is 1. The summed E-state index contributed by atoms with van der Waals surface area (Å²) in [4.78, 5) is 16.1. The van der Waals surface area contributed by atoms with Gasteiger partial charge in [-0.3, -0.25) is 9.78 Å². The van der Waals surface area contributed by atoms with Gasteiger partial charge < -0.3 is 10.4 Å². The number of benzene rings is 1. The molecule has 0 spiro atoms. The fourth-order valence-electron chi connectivity index (χ4n) is 1.84. The number of phenols is 1. The zero-order valence-electron chi connectivity index (χ0n) is 10.9. The van der Waals surface area contributed by atoms with Crippen LogP contribution in [-0.4, -0.2) is 16.0 Å². The highest BCUT2D eigenvalue weighted by Crippen LogP contribution is 2.19. The molecule has 0 fully saturated rings. The molecule has 0 aliphatic rings. The second-order valence-corrected chi connectivity index (χ2v) is 4.50. The number of nitrogens with one attached hydrogen (secondary N) is 1. The minimum Gasteiger partial charge on any atom is -0.507 e. The van der Waals surface area contributed by atoms with Gasteiger partial charge in [-0.15, -0.1) is 0 Å². The smallest absolute Gasteiger partial charge is 0.255 e. The molecule has 0 aliphatic heterocycles. The van der Waals surface area contributed by atoms with Gasteiger partial charge in [-0.25, -0.2) is 0 Å². The van der Waals surface area contributed by atoms with E-state index in [0.717, 1.165) is 11.1 Å². The lowest BCUT2D eigenvalue weighted by Gasteiger charge is -2.14. The maximum Gasteiger partial charge on any atom is 0.255 e. The molecule has 0 aliphatic carbocycles. The van der Waals surface area contributed by atoms with Gasteiger partial charge in [0.2, 0.25) is 0 Å². The van der Waals surface area contributed by atoms with Gasteiger partial charge in [0.15, 0.2) is 0 Å². The molecule has 2 rings (SSSR count). The number of phenolic OH excluding ortho intramolecular Hbond substituents is 1. The van der Waals surface area contributed by atoms with Crippen LogP contribution < -0.4 is 5.32 Å². The number of hydrogen-bond acceptors (Lipinski definition) is 3. The van der Waals surface area contributed by atoms with Crippen molar-refractivity contribution in [2.24, 2.45) is 0 Å². The Kier molecular flexibility index (Phi) is 3.80. The van der Waals surface area contributed by atoms with E-state index in [0.29, 0.717) is 5.56 Å². The number of amides is 1. The molecule has 2 N–H and O–H groups in total. The second kappa shape index (κ2) is 5.52. The summed E-state index contributed by atoms with van der Waals surface area (Å²) in [5.41, 5.74) is 2.19. The fraction of sp³-hybridized carbons (Fsp3) is 0.200. The number of aromatic hydroxyl groups is 1. The molecule has 1 amide bonds. The van der Waals surface area contributed by atoms with E-state index in [4.69, 9.17) is 0 Å². The van der Waals surface area contributed by atoms with Crippen LogP contribution in [-0.2, 0) is 0 Å². The third-order valence-electron chi connectivity index (χ3n) is 2.95. The van der Waals surface area contributed by atoms with Crippen molar-refractivity contribution >= 4 is 5.91 Å². The summed E-state index contributed by atoms with van der Waals surface area (Å²) in [5, 5.41) is 12.6. The van der Waals surface area contributed by atoms with Crippen LogP contribution in [0.5, 0.6) is 5.75 Å². The predicted octanol–water partition coefficient (Wildman–Crippen LogP) is 2.59. The summed E-state index contributed by atoms with van der Waals surface area (Å²) in [7, 11) is 0. The zero-order chi connectivity index (χ0) is 13.8. The minimum absolute atomic E-state index is 0.00923. The first kappa shape index (κ1) is 13.1. The van der Waals surface area contributed by atoms with Crippen LogP contribution >= 0.6 is 0 Å². The van der Waals surface area contributed by atoms with Crippen molar-refractivity contribution in [1.29, 1.82) is 0 Å². The SMILES string of the molecule is Cc1ccc(O)c(C(=O)NC(C)c2ccncc2)c1. The Morgan fingerprint density at radius 3 is 2.63 bits per heavy atom. The Morgan fingerprint density at radius 1 is 1.26 bits per heavy atom. The highest BCUT2D eigenvalue weighted by Gasteiger charge is 2.14. The molecule has 1 atom stereocenters. The quantitative estimate of drug-likeness (QED) is 0.887. The summed E-state index contributed by atoms with van der Waals surface area (Å²) in [6, 6.07) is 8.52. The normalized spacial score (nSPS) is 11.9. The first-order valence-electron chi connectivity index (χ1n) is 6.08. The van der Waals surface area contributed by atoms with E-state index in [1.54, 1.807) is 24.5 Å². The van der Waals surface area contributed by atoms with E-state index in [2.05, 4.69) is 10.3 Å². The summed E-state index contributed by atoms with van der Waals surface area (Å²) in [6.45, 7) is 3.77. The van der Waals surface area contributed by atoms with Gasteiger partial charge in [0.1, 0.15) is 5.75 Å². The molecule has 1 aromatic heterocycles. The number of aryl methyl sites for hydroxylation is 1. The number of aromatic nitrogens is 1. The van der Waals surface area contributed by atoms with Crippen molar-refractivity contribution < 1.29 is 9.90 Å². The predicted molar refractivity (Wildman–Crippen MR) is 73.0 cm³/mol. The summed E-state index contributed by atoms with van der Waals surface area (Å²) in [6.07, 6.45) is 3.37. The van der Waals surface area contributed by atoms with Gasteiger partial charge in [-0.05, 0) is 43.7 Å². The largest absolute Gasteiger partial charge is 0.507 e. The molecule has 1 heterocycles. The van der Waals surface area contributed by atoms with Crippen LogP contribution in [0.3, 0.4) is 0 Å². The Morgan fingerprint density at radius 2 is 1.95 bits per heavy atom. The monoisotopic (exact) mass is 256 g/mol. The first-order chi connectivity index (χ1) is 9.08. The number of carbonyl (C=O) groups is 1. The van der Waals surface area contributed by atoms with E-state index in [1.807, 2.05) is 26.0 Å². The molecule has 0 radical (unpaired) electrons. The molecule has 0 saturated heterocycles. The van der Waals surface area contributed by atoms with Crippen molar-refractivity contribution in [2.45, 2.75) is 19.9 Å². The molecule has 0 saturated carbocycles. The molecule has 0 bridgehead atoms. The van der Waals surface area contributed by atoms with E-state index in [9.17, 15) is 9.90 Å². The van der Waals surface area contributed by atoms with Crippen LogP contribution in [0.4, 0.5) is 0 Å². The lowest BCUT2D eigenvalue weighted by Crippen LogP contribution is -2.26. The molecule has 4 nitrogen and oxygen atoms in total. The number of pyridine rings is 1. The summed E-state index contributed by atoms with van der Waals surface area (Å²) >= 11 is 0. The van der Waals surface area contributed by atoms with E-state index < -0.39 is 0 Å². The Balaban J connectivity index is 2.15. The third kappa shape index (κ3) is 3.10. The van der Waals surface area contributed by atoms with Crippen LogP contribution in [0.2, 0.25) is 0 Å². The molecule has 2 aromatic rings. The lowest BCUT2D eigenvalue weighted by molar-refractivity contribution is 0.0937. The molecule has 1 aromatic carbocycles. The van der Waals surface area contributed by atoms with Crippen molar-refractivity contribution in [2.75, 3.05) is 0 Å². The highest BCUT2D eigenvalue weighted by molar-refractivity contribution is 5.97. The van der Waals surface area contributed by atoms with Crippen molar-refractivity contribution in [3.63, 3.8) is 0 Å². The van der Waals surface area contributed by atoms with Crippen molar-refractivity contribution in [3.05, 3.63) is 59.4 Å². The molecule has 98 valence electrons. The van der Waals surface area contributed by atoms with Gasteiger partial charge in [0.05, 0.1) is 11.6 Å². The van der Waals surface area contributed by atoms with Crippen LogP contribution in [0.15, 0.2) is 42.7 Å². The molecule has 1 unspecified atom stereocenters. The van der Waals surface area contributed by atoms with Crippen LogP contribution in [0.25, 0.3) is 0 Å². The highest BCUT2D eigenvalue weighted by atomic mass is 16.3. The van der Waals surface area contributed by atoms with E-state index >= 15 is 0 Å². The van der Waals surface area contributed by atoms with Gasteiger partial charge in [-0.2, -0.15) is 0 Å². The first-order valence-corrected chi connectivity index (χ1v) is 6.08. The van der Waals surface area contributed by atoms with E-state index in [1.165, 1.54) is 6.07 Å². The zero-order valence-corrected chi connectivity index (χ0v) is 10.9. The maximum absolute atomic E-state index is 12.1. The average Bonchev–Trinajstić information content (AvgIpc) is 2.42. The average molecular weight is 256 g/mol. The van der Waals surface area contributed by atoms with Gasteiger partial charge in [0, 0.05) is 12.4 Å². The van der Waals surface area contributed by atoms with Crippen molar-refractivity contribution in [1.82, 2.24) is 10.3 Å². The number of rotatable bonds is 3. The Labute approximate surface area is 112 Å². The fourth-order valence-corrected chi connectivity index (χ4v) is 1.84. The lowest BCUT2D eigenvalue weighted by atomic mass is 10.1. The summed E-state index contributed by atoms with van der Waals surface area (Å²) in [5.74, 6) is -0.296. The number of carbonyl (C=O) groups excluding carboxylic acids is 1. The van der Waals surface area contributed by atoms with Crippen LogP contribution in [0.1, 0.15) is 34.5 Å². The van der Waals surface area contributed by atoms with Gasteiger partial charge >= 0.3 is 0 Å². The molecular formula is C15H16N2O2.